The van der Waals surface area contributed by atoms with Crippen molar-refractivity contribution in [2.24, 2.45) is 0 Å². The van der Waals surface area contributed by atoms with Crippen molar-refractivity contribution in [2.75, 3.05) is 48.3 Å². The molecule has 0 spiro atoms. The largest absolute Gasteiger partial charge is 0.544 e. The number of hydrogen-bond acceptors (Lipinski definition) is 5. The second-order valence-corrected chi connectivity index (χ2v) is 6.51. The van der Waals surface area contributed by atoms with Crippen molar-refractivity contribution >= 4 is 11.9 Å². The lowest BCUT2D eigenvalue weighted by molar-refractivity contribution is -0.896. The molecule has 0 unspecified atom stereocenters. The summed E-state index contributed by atoms with van der Waals surface area (Å²) in [5.41, 5.74) is 0. The fraction of sp³-hybridized carbons (Fsp3) is 0.833. The molecule has 0 radical (unpaired) electrons. The molecule has 1 fully saturated rings. The van der Waals surface area contributed by atoms with Gasteiger partial charge in [-0.15, -0.1) is 0 Å². The van der Waals surface area contributed by atoms with Crippen LogP contribution < -0.4 is 10.2 Å². The van der Waals surface area contributed by atoms with E-state index in [0.29, 0.717) is 21.9 Å². The second kappa shape index (κ2) is 6.31. The van der Waals surface area contributed by atoms with E-state index in [-0.39, 0.29) is 6.54 Å². The number of carbonyl (C=O) groups is 2. The monoisotopic (exact) mass is 276 g/mol. The Kier molecular flexibility index (Phi) is 5.92. The molecule has 0 amide bonds. The van der Waals surface area contributed by atoms with Gasteiger partial charge >= 0.3 is 0 Å². The zero-order chi connectivity index (χ0) is 15.4. The second-order valence-electron chi connectivity index (χ2n) is 6.51. The molecule has 1 aliphatic rings. The van der Waals surface area contributed by atoms with E-state index in [1.165, 1.54) is 0 Å². The van der Waals surface area contributed by atoms with Crippen molar-refractivity contribution in [1.82, 2.24) is 0 Å². The standard InChI is InChI=1S/C7H13NO3.C5H11NO2/c1-8(2)4-5(9)3-6(8)7(10)11;1-6(2,3)4-5(7)8/h5-6,9H,3-4H2,1-2H3;4H2,1-3H3/t5-,6-;/m1./s1. The normalized spacial score (nSPS) is 25.4. The Balaban J connectivity index is 0.000000362. The number of rotatable bonds is 3. The zero-order valence-corrected chi connectivity index (χ0v) is 12.3. The van der Waals surface area contributed by atoms with Crippen LogP contribution in [0.4, 0.5) is 0 Å². The first-order valence-electron chi connectivity index (χ1n) is 6.07. The van der Waals surface area contributed by atoms with E-state index >= 15 is 0 Å². The minimum absolute atomic E-state index is 0.0694. The van der Waals surface area contributed by atoms with Crippen LogP contribution in [0.15, 0.2) is 0 Å². The molecule has 1 aliphatic heterocycles. The van der Waals surface area contributed by atoms with Crippen LogP contribution in [-0.2, 0) is 9.59 Å². The molecule has 0 saturated carbocycles. The summed E-state index contributed by atoms with van der Waals surface area (Å²) in [6.07, 6.45) is -0.178. The molecule has 1 saturated heterocycles. The molecule has 7 heteroatoms. The third-order valence-corrected chi connectivity index (χ3v) is 2.90. The first-order chi connectivity index (χ1) is 8.35. The van der Waals surface area contributed by atoms with Gasteiger partial charge in [-0.1, -0.05) is 0 Å². The van der Waals surface area contributed by atoms with Gasteiger partial charge in [0.15, 0.2) is 0 Å². The van der Waals surface area contributed by atoms with Crippen molar-refractivity contribution in [3.63, 3.8) is 0 Å². The number of carboxylic acid groups (broad SMARTS) is 2. The maximum Gasteiger partial charge on any atom is 0.132 e. The van der Waals surface area contributed by atoms with Crippen LogP contribution in [0.25, 0.3) is 0 Å². The van der Waals surface area contributed by atoms with Crippen LogP contribution in [0, 0.1) is 0 Å². The molecular weight excluding hydrogens is 252 g/mol. The summed E-state index contributed by atoms with van der Waals surface area (Å²) in [4.78, 5) is 20.4. The van der Waals surface area contributed by atoms with Crippen LogP contribution in [0.2, 0.25) is 0 Å². The number of likely N-dealkylation sites (tertiary alicyclic amines) is 1. The number of aliphatic hydroxyl groups excluding tert-OH is 1. The maximum absolute atomic E-state index is 10.5. The lowest BCUT2D eigenvalue weighted by atomic mass is 10.2. The van der Waals surface area contributed by atoms with Gasteiger partial charge in [0.1, 0.15) is 25.2 Å². The highest BCUT2D eigenvalue weighted by Gasteiger charge is 2.40. The van der Waals surface area contributed by atoms with Gasteiger partial charge in [-0.05, 0) is 0 Å². The van der Waals surface area contributed by atoms with Gasteiger partial charge in [-0.25, -0.2) is 0 Å². The Bertz CT molecular complexity index is 336. The van der Waals surface area contributed by atoms with Crippen molar-refractivity contribution in [1.29, 1.82) is 0 Å². The zero-order valence-electron chi connectivity index (χ0n) is 12.3. The van der Waals surface area contributed by atoms with Crippen molar-refractivity contribution < 1.29 is 33.9 Å². The number of carboxylic acids is 2. The van der Waals surface area contributed by atoms with Gasteiger partial charge in [-0.3, -0.25) is 0 Å². The minimum atomic E-state index is -1.06. The van der Waals surface area contributed by atoms with E-state index in [1.54, 1.807) is 35.2 Å². The molecular formula is C12H24N2O5. The quantitative estimate of drug-likeness (QED) is 0.537. The maximum atomic E-state index is 10.5. The summed E-state index contributed by atoms with van der Waals surface area (Å²) in [5, 5.41) is 29.6. The number of carbonyl (C=O) groups excluding carboxylic acids is 2. The first-order valence-corrected chi connectivity index (χ1v) is 6.07. The third-order valence-electron chi connectivity index (χ3n) is 2.90. The SMILES string of the molecule is C[N+](C)(C)CC(=O)[O-].C[N+]1(C)C[C@H](O)C[C@@H]1C(=O)[O-]. The van der Waals surface area contributed by atoms with Crippen LogP contribution in [0.5, 0.6) is 0 Å². The first kappa shape index (κ1) is 17.8. The van der Waals surface area contributed by atoms with E-state index in [9.17, 15) is 24.9 Å². The summed E-state index contributed by atoms with van der Waals surface area (Å²) < 4.78 is 0.742. The van der Waals surface area contributed by atoms with E-state index in [0.717, 1.165) is 0 Å². The Morgan fingerprint density at radius 2 is 1.74 bits per heavy atom. The van der Waals surface area contributed by atoms with Gasteiger partial charge in [0.05, 0.1) is 47.2 Å². The number of nitrogens with zero attached hydrogens (tertiary/aromatic N) is 2. The average Bonchev–Trinajstić information content (AvgIpc) is 2.35. The Morgan fingerprint density at radius 3 is 1.84 bits per heavy atom. The van der Waals surface area contributed by atoms with Crippen LogP contribution in [0.1, 0.15) is 6.42 Å². The Morgan fingerprint density at radius 1 is 1.26 bits per heavy atom. The number of likely N-dealkylation sites (N-methyl/N-ethyl adjacent to an activating group) is 2. The lowest BCUT2D eigenvalue weighted by Gasteiger charge is -2.31. The van der Waals surface area contributed by atoms with Gasteiger partial charge in [0, 0.05) is 6.42 Å². The fourth-order valence-corrected chi connectivity index (χ4v) is 2.06. The third kappa shape index (κ3) is 7.09. The molecule has 1 heterocycles. The van der Waals surface area contributed by atoms with Crippen LogP contribution in [0.3, 0.4) is 0 Å². The fourth-order valence-electron chi connectivity index (χ4n) is 2.06. The predicted molar refractivity (Wildman–Crippen MR) is 64.3 cm³/mol. The van der Waals surface area contributed by atoms with Gasteiger partial charge in [0.25, 0.3) is 0 Å². The summed E-state index contributed by atoms with van der Waals surface area (Å²) in [5.74, 6) is -2.07. The van der Waals surface area contributed by atoms with Gasteiger partial charge in [0.2, 0.25) is 0 Å². The van der Waals surface area contributed by atoms with Crippen LogP contribution in [-0.4, -0.2) is 86.5 Å². The lowest BCUT2D eigenvalue weighted by Crippen LogP contribution is -2.53. The van der Waals surface area contributed by atoms with E-state index in [2.05, 4.69) is 0 Å². The predicted octanol–water partition coefficient (Wildman–Crippen LogP) is -3.61. The Labute approximate surface area is 113 Å². The van der Waals surface area contributed by atoms with Crippen molar-refractivity contribution in [2.45, 2.75) is 18.6 Å². The molecule has 0 aliphatic carbocycles. The number of quaternary nitrogens is 2. The highest BCUT2D eigenvalue weighted by Crippen LogP contribution is 2.21. The van der Waals surface area contributed by atoms with E-state index < -0.39 is 24.1 Å². The molecule has 1 N–H and O–H groups in total. The minimum Gasteiger partial charge on any atom is -0.544 e. The van der Waals surface area contributed by atoms with Gasteiger partial charge < -0.3 is 33.9 Å². The Hall–Kier alpha value is -1.18. The van der Waals surface area contributed by atoms with Crippen LogP contribution >= 0.6 is 0 Å². The summed E-state index contributed by atoms with van der Waals surface area (Å²) in [6.45, 7) is 0.568. The molecule has 0 bridgehead atoms. The van der Waals surface area contributed by atoms with Gasteiger partial charge in [-0.2, -0.15) is 0 Å². The topological polar surface area (TPSA) is 100 Å². The molecule has 0 aromatic carbocycles. The highest BCUT2D eigenvalue weighted by molar-refractivity contribution is 5.70. The molecule has 19 heavy (non-hydrogen) atoms. The molecule has 2 atom stereocenters. The number of hydrogen-bond donors (Lipinski definition) is 1. The summed E-state index contributed by atoms with van der Waals surface area (Å²) in [6, 6.07) is -0.551. The molecule has 0 aromatic heterocycles. The molecule has 1 rings (SSSR count). The smallest absolute Gasteiger partial charge is 0.132 e. The van der Waals surface area contributed by atoms with Crippen molar-refractivity contribution in [3.8, 4) is 0 Å². The molecule has 112 valence electrons. The van der Waals surface area contributed by atoms with E-state index in [4.69, 9.17) is 0 Å². The molecule has 7 nitrogen and oxygen atoms in total. The number of aliphatic hydroxyl groups is 1. The average molecular weight is 276 g/mol. The summed E-state index contributed by atoms with van der Waals surface area (Å²) in [7, 11) is 8.98. The van der Waals surface area contributed by atoms with E-state index in [1.807, 2.05) is 0 Å². The number of aliphatic carboxylic acids is 2. The van der Waals surface area contributed by atoms with Crippen molar-refractivity contribution in [3.05, 3.63) is 0 Å². The molecule has 0 aromatic rings. The highest BCUT2D eigenvalue weighted by atomic mass is 16.4. The summed E-state index contributed by atoms with van der Waals surface area (Å²) >= 11 is 0.